The predicted octanol–water partition coefficient (Wildman–Crippen LogP) is 3.12. The van der Waals surface area contributed by atoms with Crippen molar-refractivity contribution < 1.29 is 9.15 Å². The molecule has 1 aromatic rings. The van der Waals surface area contributed by atoms with Crippen LogP contribution < -0.4 is 10.6 Å². The molecule has 5 heteroatoms. The Labute approximate surface area is 139 Å². The van der Waals surface area contributed by atoms with Gasteiger partial charge in [-0.25, -0.2) is 0 Å². The van der Waals surface area contributed by atoms with Gasteiger partial charge < -0.3 is 19.8 Å². The van der Waals surface area contributed by atoms with E-state index in [0.717, 1.165) is 50.7 Å². The molecule has 0 radical (unpaired) electrons. The highest BCUT2D eigenvalue weighted by Gasteiger charge is 2.13. The molecule has 1 aliphatic rings. The molecule has 1 fully saturated rings. The highest BCUT2D eigenvalue weighted by molar-refractivity contribution is 5.80. The summed E-state index contributed by atoms with van der Waals surface area (Å²) < 4.78 is 11.1. The molecule has 2 heterocycles. The second-order valence-electron chi connectivity index (χ2n) is 6.22. The van der Waals surface area contributed by atoms with Gasteiger partial charge in [-0.2, -0.15) is 0 Å². The van der Waals surface area contributed by atoms with E-state index in [1.165, 1.54) is 19.3 Å². The lowest BCUT2D eigenvalue weighted by molar-refractivity contribution is 0.0129. The van der Waals surface area contributed by atoms with Crippen molar-refractivity contribution in [3.63, 3.8) is 0 Å². The minimum atomic E-state index is 0.389. The zero-order valence-electron chi connectivity index (χ0n) is 14.5. The third-order valence-electron chi connectivity index (χ3n) is 4.23. The fourth-order valence-corrected chi connectivity index (χ4v) is 2.60. The summed E-state index contributed by atoms with van der Waals surface area (Å²) >= 11 is 0. The molecule has 0 saturated carbocycles. The average molecular weight is 321 g/mol. The Morgan fingerprint density at radius 2 is 2.35 bits per heavy atom. The molecule has 0 amide bonds. The van der Waals surface area contributed by atoms with Crippen LogP contribution in [0.2, 0.25) is 0 Å². The van der Waals surface area contributed by atoms with Gasteiger partial charge in [0.05, 0.1) is 12.4 Å². The summed E-state index contributed by atoms with van der Waals surface area (Å²) in [7, 11) is 0. The molecule has 0 aromatic carbocycles. The monoisotopic (exact) mass is 321 g/mol. The van der Waals surface area contributed by atoms with E-state index in [1.54, 1.807) is 6.26 Å². The summed E-state index contributed by atoms with van der Waals surface area (Å²) in [5.41, 5.74) is 0. The molecule has 2 unspecified atom stereocenters. The molecule has 2 rings (SSSR count). The van der Waals surface area contributed by atoms with E-state index in [1.807, 2.05) is 12.1 Å². The number of rotatable bonds is 8. The van der Waals surface area contributed by atoms with E-state index in [9.17, 15) is 0 Å². The maximum absolute atomic E-state index is 5.77. The lowest BCUT2D eigenvalue weighted by Gasteiger charge is -2.22. The third kappa shape index (κ3) is 7.08. The van der Waals surface area contributed by atoms with Gasteiger partial charge >= 0.3 is 0 Å². The van der Waals surface area contributed by atoms with E-state index in [-0.39, 0.29) is 0 Å². The van der Waals surface area contributed by atoms with E-state index in [2.05, 4.69) is 24.5 Å². The van der Waals surface area contributed by atoms with Crippen molar-refractivity contribution in [2.24, 2.45) is 4.99 Å². The van der Waals surface area contributed by atoms with Crippen molar-refractivity contribution in [3.05, 3.63) is 24.2 Å². The van der Waals surface area contributed by atoms with Crippen LogP contribution in [0.15, 0.2) is 27.8 Å². The van der Waals surface area contributed by atoms with Crippen LogP contribution in [0.5, 0.6) is 0 Å². The number of aliphatic imine (C=N–C) groups is 1. The lowest BCUT2D eigenvalue weighted by Crippen LogP contribution is -2.43. The number of hydrogen-bond donors (Lipinski definition) is 2. The molecule has 130 valence electrons. The van der Waals surface area contributed by atoms with E-state index in [0.29, 0.717) is 12.1 Å². The molecule has 2 atom stereocenters. The summed E-state index contributed by atoms with van der Waals surface area (Å²) in [6, 6.07) is 4.34. The van der Waals surface area contributed by atoms with Gasteiger partial charge in [0, 0.05) is 32.2 Å². The van der Waals surface area contributed by atoms with Gasteiger partial charge in [-0.05, 0) is 51.2 Å². The smallest absolute Gasteiger partial charge is 0.191 e. The van der Waals surface area contributed by atoms with Crippen molar-refractivity contribution in [1.82, 2.24) is 10.6 Å². The van der Waals surface area contributed by atoms with Crippen LogP contribution in [0, 0.1) is 0 Å². The lowest BCUT2D eigenvalue weighted by atomic mass is 10.1. The predicted molar refractivity (Wildman–Crippen MR) is 93.8 cm³/mol. The van der Waals surface area contributed by atoms with Gasteiger partial charge in [0.25, 0.3) is 0 Å². The van der Waals surface area contributed by atoms with Gasteiger partial charge in [-0.15, -0.1) is 0 Å². The molecule has 5 nitrogen and oxygen atoms in total. The molecule has 1 aliphatic heterocycles. The second kappa shape index (κ2) is 10.3. The molecule has 1 aromatic heterocycles. The maximum Gasteiger partial charge on any atom is 0.191 e. The highest BCUT2D eigenvalue weighted by atomic mass is 16.5. The summed E-state index contributed by atoms with van der Waals surface area (Å²) in [4.78, 5) is 4.71. The van der Waals surface area contributed by atoms with E-state index >= 15 is 0 Å². The van der Waals surface area contributed by atoms with E-state index < -0.39 is 0 Å². The number of nitrogens with one attached hydrogen (secondary N) is 2. The molecular weight excluding hydrogens is 290 g/mol. The van der Waals surface area contributed by atoms with Crippen molar-refractivity contribution >= 4 is 5.96 Å². The van der Waals surface area contributed by atoms with Crippen LogP contribution >= 0.6 is 0 Å². The number of hydrogen-bond acceptors (Lipinski definition) is 3. The average Bonchev–Trinajstić information content (AvgIpc) is 3.09. The van der Waals surface area contributed by atoms with Crippen LogP contribution in [0.25, 0.3) is 0 Å². The minimum Gasteiger partial charge on any atom is -0.469 e. The Hall–Kier alpha value is -1.49. The van der Waals surface area contributed by atoms with Crippen LogP contribution in [0.4, 0.5) is 0 Å². The number of nitrogens with zero attached hydrogens (tertiary/aromatic N) is 1. The van der Waals surface area contributed by atoms with Gasteiger partial charge in [-0.3, -0.25) is 4.99 Å². The molecular formula is C18H31N3O2. The molecule has 0 spiro atoms. The van der Waals surface area contributed by atoms with Crippen molar-refractivity contribution in [2.75, 3.05) is 19.7 Å². The van der Waals surface area contributed by atoms with E-state index in [4.69, 9.17) is 14.1 Å². The Morgan fingerprint density at radius 3 is 3.04 bits per heavy atom. The topological polar surface area (TPSA) is 58.8 Å². The van der Waals surface area contributed by atoms with Crippen LogP contribution in [-0.4, -0.2) is 37.8 Å². The Morgan fingerprint density at radius 1 is 1.43 bits per heavy atom. The Kier molecular flexibility index (Phi) is 8.01. The largest absolute Gasteiger partial charge is 0.469 e. The SMILES string of the molecule is CCC(C)NC(=NCCC1CCCCO1)NCCc1ccco1. The maximum atomic E-state index is 5.77. The summed E-state index contributed by atoms with van der Waals surface area (Å²) in [6.45, 7) is 6.88. The first-order chi connectivity index (χ1) is 11.3. The standard InChI is InChI=1S/C18H31N3O2/c1-3-15(2)21-18(20-12-10-17-8-6-14-23-17)19-11-9-16-7-4-5-13-22-16/h6,8,14-16H,3-5,7,9-13H2,1-2H3,(H2,19,20,21). The highest BCUT2D eigenvalue weighted by Crippen LogP contribution is 2.15. The zero-order valence-corrected chi connectivity index (χ0v) is 14.5. The van der Waals surface area contributed by atoms with Crippen molar-refractivity contribution in [1.29, 1.82) is 0 Å². The first kappa shape index (κ1) is 17.9. The Balaban J connectivity index is 1.75. The summed E-state index contributed by atoms with van der Waals surface area (Å²) in [5.74, 6) is 1.89. The van der Waals surface area contributed by atoms with Crippen molar-refractivity contribution in [3.8, 4) is 0 Å². The molecule has 0 bridgehead atoms. The van der Waals surface area contributed by atoms with Crippen molar-refractivity contribution in [2.45, 2.75) is 64.5 Å². The first-order valence-corrected chi connectivity index (χ1v) is 8.96. The Bertz CT molecular complexity index is 439. The second-order valence-corrected chi connectivity index (χ2v) is 6.22. The summed E-state index contributed by atoms with van der Waals surface area (Å²) in [6.07, 6.45) is 8.71. The van der Waals surface area contributed by atoms with Gasteiger partial charge in [-0.1, -0.05) is 6.92 Å². The minimum absolute atomic E-state index is 0.389. The van der Waals surface area contributed by atoms with Gasteiger partial charge in [0.1, 0.15) is 5.76 Å². The van der Waals surface area contributed by atoms with Gasteiger partial charge in [0.15, 0.2) is 5.96 Å². The van der Waals surface area contributed by atoms with Gasteiger partial charge in [0.2, 0.25) is 0 Å². The quantitative estimate of drug-likeness (QED) is 0.570. The van der Waals surface area contributed by atoms with Crippen LogP contribution in [0.1, 0.15) is 51.7 Å². The molecule has 1 saturated heterocycles. The molecule has 0 aliphatic carbocycles. The molecule has 2 N–H and O–H groups in total. The fourth-order valence-electron chi connectivity index (χ4n) is 2.60. The number of furan rings is 1. The van der Waals surface area contributed by atoms with Crippen LogP contribution in [0.3, 0.4) is 0 Å². The first-order valence-electron chi connectivity index (χ1n) is 8.96. The fraction of sp³-hybridized carbons (Fsp3) is 0.722. The summed E-state index contributed by atoms with van der Waals surface area (Å²) in [5, 5.41) is 6.85. The zero-order chi connectivity index (χ0) is 16.3. The third-order valence-corrected chi connectivity index (χ3v) is 4.23. The normalized spacial score (nSPS) is 20.3. The van der Waals surface area contributed by atoms with Crippen LogP contribution in [-0.2, 0) is 11.2 Å². The molecule has 23 heavy (non-hydrogen) atoms. The number of guanidine groups is 1. The number of ether oxygens (including phenoxy) is 1.